The molecule has 0 radical (unpaired) electrons. The van der Waals surface area contributed by atoms with Gasteiger partial charge in [0.1, 0.15) is 32.4 Å². The summed E-state index contributed by atoms with van der Waals surface area (Å²) in [5.41, 5.74) is 14.3. The van der Waals surface area contributed by atoms with Crippen molar-refractivity contribution in [1.82, 2.24) is 29.7 Å². The fourth-order valence-electron chi connectivity index (χ4n) is 9.38. The van der Waals surface area contributed by atoms with Crippen LogP contribution in [0, 0.1) is 0 Å². The number of unbranched alkanes of at least 4 members (excludes halogenated alkanes) is 3. The first-order chi connectivity index (χ1) is 32.4. The highest BCUT2D eigenvalue weighted by Crippen LogP contribution is 2.53. The number of anilines is 3. The van der Waals surface area contributed by atoms with Gasteiger partial charge >= 0.3 is 7.82 Å². The zero-order chi connectivity index (χ0) is 48.7. The van der Waals surface area contributed by atoms with Crippen molar-refractivity contribution >= 4 is 59.7 Å². The molecular formula is C48H62N10O9P+. The summed E-state index contributed by atoms with van der Waals surface area (Å²) in [4.78, 5) is 64.6. The zero-order valence-electron chi connectivity index (χ0n) is 39.6. The Morgan fingerprint density at radius 2 is 1.78 bits per heavy atom. The highest BCUT2D eigenvalue weighted by atomic mass is 31.2. The van der Waals surface area contributed by atoms with Crippen LogP contribution in [0.1, 0.15) is 85.6 Å². The molecule has 0 saturated carbocycles. The first-order valence-electron chi connectivity index (χ1n) is 23.0. The number of imidazole rings is 1. The summed E-state index contributed by atoms with van der Waals surface area (Å²) in [7, 11) is 5.60. The van der Waals surface area contributed by atoms with E-state index in [1.165, 1.54) is 15.7 Å². The van der Waals surface area contributed by atoms with Gasteiger partial charge in [-0.15, -0.1) is 0 Å². The van der Waals surface area contributed by atoms with Crippen molar-refractivity contribution in [2.75, 3.05) is 77.4 Å². The molecule has 4 heterocycles. The number of phosphoric acid groups is 1. The van der Waals surface area contributed by atoms with Gasteiger partial charge in [-0.3, -0.25) is 33.0 Å². The molecule has 0 bridgehead atoms. The number of benzene rings is 2. The van der Waals surface area contributed by atoms with Crippen LogP contribution in [0.15, 0.2) is 76.6 Å². The average Bonchev–Trinajstić information content (AvgIpc) is 3.81. The molecule has 5 atom stereocenters. The van der Waals surface area contributed by atoms with Gasteiger partial charge in [-0.05, 0) is 76.9 Å². The number of rotatable bonds is 16. The number of aromatic nitrogens is 4. The number of phosphoric ester groups is 1. The lowest BCUT2D eigenvalue weighted by Gasteiger charge is -2.39. The molecule has 1 unspecified atom stereocenters. The number of fused-ring (bicyclic) bond motifs is 4. The maximum Gasteiger partial charge on any atom is 0.472 e. The van der Waals surface area contributed by atoms with Gasteiger partial charge in [-0.25, -0.2) is 14.1 Å². The molecule has 0 spiro atoms. The second-order valence-electron chi connectivity index (χ2n) is 18.6. The molecule has 2 amide bonds. The molecular weight excluding hydrogens is 892 g/mol. The van der Waals surface area contributed by atoms with Gasteiger partial charge in [0.2, 0.25) is 17.8 Å². The van der Waals surface area contributed by atoms with Gasteiger partial charge in [-0.2, -0.15) is 4.98 Å². The van der Waals surface area contributed by atoms with E-state index in [1.54, 1.807) is 11.9 Å². The summed E-state index contributed by atoms with van der Waals surface area (Å²) in [5.74, 6) is -0.162. The van der Waals surface area contributed by atoms with E-state index in [-0.39, 0.29) is 53.3 Å². The van der Waals surface area contributed by atoms with E-state index in [9.17, 15) is 28.9 Å². The van der Waals surface area contributed by atoms with E-state index in [0.717, 1.165) is 52.9 Å². The molecule has 19 nitrogen and oxygen atoms in total. The fraction of sp³-hybridized carbons (Fsp3) is 0.458. The maximum atomic E-state index is 14.3. The number of aliphatic hydroxyl groups is 1. The molecule has 2 saturated heterocycles. The fourth-order valence-corrected chi connectivity index (χ4v) is 10.3. The van der Waals surface area contributed by atoms with E-state index in [0.29, 0.717) is 38.0 Å². The minimum absolute atomic E-state index is 0.0364. The topological polar surface area (TPSA) is 242 Å². The van der Waals surface area contributed by atoms with E-state index in [1.807, 2.05) is 52.5 Å². The van der Waals surface area contributed by atoms with Gasteiger partial charge in [-0.1, -0.05) is 51.0 Å². The number of nitrogen functional groups attached to an aromatic ring is 1. The Kier molecular flexibility index (Phi) is 14.0. The molecule has 2 aliphatic heterocycles. The summed E-state index contributed by atoms with van der Waals surface area (Å²) in [6, 6.07) is 14.4. The lowest BCUT2D eigenvalue weighted by Crippen LogP contribution is -2.39. The first-order valence-corrected chi connectivity index (χ1v) is 24.5. The minimum Gasteiger partial charge on any atom is -0.386 e. The van der Waals surface area contributed by atoms with Gasteiger partial charge in [0, 0.05) is 76.0 Å². The molecule has 362 valence electrons. The normalized spacial score (nSPS) is 22.6. The van der Waals surface area contributed by atoms with Crippen molar-refractivity contribution in [2.24, 2.45) is 0 Å². The Hall–Kier alpha value is -5.95. The molecule has 8 rings (SSSR count). The number of nitrogens with two attached hydrogens (primary N) is 1. The third kappa shape index (κ3) is 9.68. The van der Waals surface area contributed by atoms with Crippen molar-refractivity contribution in [1.29, 1.82) is 0 Å². The average molecular weight is 954 g/mol. The summed E-state index contributed by atoms with van der Waals surface area (Å²) >= 11 is 0. The number of carbonyl (C=O) groups is 2. The number of nitrogens with zero attached hydrogens (tertiary/aromatic N) is 6. The van der Waals surface area contributed by atoms with Crippen molar-refractivity contribution in [3.8, 4) is 0 Å². The van der Waals surface area contributed by atoms with Gasteiger partial charge in [0.15, 0.2) is 23.1 Å². The first kappa shape index (κ1) is 48.5. The summed E-state index contributed by atoms with van der Waals surface area (Å²) in [5, 5.41) is 17.3. The Morgan fingerprint density at radius 3 is 2.53 bits per heavy atom. The Bertz CT molecular complexity index is 2860. The van der Waals surface area contributed by atoms with Crippen LogP contribution < -0.4 is 26.8 Å². The zero-order valence-corrected chi connectivity index (χ0v) is 40.5. The number of hydrogen-bond donors (Lipinski definition) is 6. The van der Waals surface area contributed by atoms with E-state index in [2.05, 4.69) is 85.3 Å². The van der Waals surface area contributed by atoms with Crippen molar-refractivity contribution < 1.29 is 42.5 Å². The number of nitrogens with one attached hydrogen (secondary N) is 3. The lowest BCUT2D eigenvalue weighted by molar-refractivity contribution is -0.462. The maximum absolute atomic E-state index is 14.3. The number of aliphatic hydroxyl groups excluding tert-OH is 1. The molecule has 68 heavy (non-hydrogen) atoms. The van der Waals surface area contributed by atoms with Gasteiger partial charge in [0.05, 0.1) is 6.61 Å². The number of allylic oxidation sites excluding steroid dienone is 5. The van der Waals surface area contributed by atoms with Crippen LogP contribution in [-0.4, -0.2) is 136 Å². The number of hydrogen-bond acceptors (Lipinski definition) is 13. The van der Waals surface area contributed by atoms with Gasteiger partial charge in [0.25, 0.3) is 11.5 Å². The molecule has 2 aromatic carbocycles. The quantitative estimate of drug-likeness (QED) is 0.0516. The van der Waals surface area contributed by atoms with E-state index < -0.39 is 37.9 Å². The Morgan fingerprint density at radius 1 is 1.03 bits per heavy atom. The smallest absolute Gasteiger partial charge is 0.386 e. The summed E-state index contributed by atoms with van der Waals surface area (Å²) in [6.07, 6.45) is 5.86. The Labute approximate surface area is 395 Å². The van der Waals surface area contributed by atoms with Crippen molar-refractivity contribution in [3.63, 3.8) is 0 Å². The molecule has 2 aliphatic carbocycles. The second-order valence-corrected chi connectivity index (χ2v) is 20.0. The Balaban J connectivity index is 0.828. The molecule has 4 aliphatic rings. The summed E-state index contributed by atoms with van der Waals surface area (Å²) in [6.45, 7) is 5.62. The molecule has 4 aromatic rings. The molecule has 7 N–H and O–H groups in total. The number of H-pyrrole nitrogens is 1. The van der Waals surface area contributed by atoms with Gasteiger partial charge < -0.3 is 40.9 Å². The predicted molar refractivity (Wildman–Crippen MR) is 260 cm³/mol. The summed E-state index contributed by atoms with van der Waals surface area (Å²) < 4.78 is 31.5. The largest absolute Gasteiger partial charge is 0.472 e. The van der Waals surface area contributed by atoms with Crippen LogP contribution in [0.25, 0.3) is 16.7 Å². The second kappa shape index (κ2) is 19.6. The highest BCUT2D eigenvalue weighted by molar-refractivity contribution is 7.47. The van der Waals surface area contributed by atoms with E-state index >= 15 is 0 Å². The van der Waals surface area contributed by atoms with Crippen LogP contribution in [0.4, 0.5) is 17.6 Å². The molecule has 2 aromatic heterocycles. The van der Waals surface area contributed by atoms with Crippen LogP contribution in [0.2, 0.25) is 0 Å². The van der Waals surface area contributed by atoms with Crippen LogP contribution >= 0.6 is 7.82 Å². The lowest BCUT2D eigenvalue weighted by atomic mass is 9.64. The number of ether oxygens (including phenoxy) is 1. The van der Waals surface area contributed by atoms with Crippen LogP contribution in [0.5, 0.6) is 0 Å². The van der Waals surface area contributed by atoms with E-state index in [4.69, 9.17) is 19.5 Å². The van der Waals surface area contributed by atoms with Crippen molar-refractivity contribution in [2.45, 2.75) is 82.3 Å². The molecule has 20 heteroatoms. The monoisotopic (exact) mass is 953 g/mol. The van der Waals surface area contributed by atoms with Crippen LogP contribution in [-0.2, 0) is 28.6 Å². The number of amides is 2. The standard InChI is InChI=1S/C48H61N10O9P/c1-48(2)34-25-28(55(3)4)18-20-32(34)38(33-21-19-29(56(5)6)26-35(33)48)30-15-10-11-16-31(30)44(62)57(7)24-14-17-37(59)50-22-12-8-9-13-23-51-47-52-39-42(53-46(49)54-43(39)61)58(47)45-40(60)41-36(66-45)27-65-68(63,64)67-41/h10-11,15-16,18-21,25-26,36,40-41,45,60H,8-9,12-14,17,22-24,27H2,1-7H3,(H5,49,50,54,59,61,62,63,64)/p+1/t36-,40-,41-,45-/m1/s1. The predicted octanol–water partition coefficient (Wildman–Crippen LogP) is 4.49. The third-order valence-corrected chi connectivity index (χ3v) is 14.1. The number of carbonyl (C=O) groups excluding carboxylic acids is 2. The minimum atomic E-state index is -4.37. The third-order valence-electron chi connectivity index (χ3n) is 13.1. The SMILES string of the molecule is CN(CCCC(=O)NCCCCCCNc1nc2c(=O)[nH]c(N)nc2n1[C@@H]1O[C@@H]2COP(=O)(O)O[C@H]2[C@H]1O)C(=O)c1ccccc1C1=C2C=CC(=[N+](C)C)C=C2C(C)(C)c2cc(N(C)C)ccc21. The number of aromatic amines is 1. The van der Waals surface area contributed by atoms with Crippen LogP contribution in [0.3, 0.4) is 0 Å². The molecule has 2 fully saturated rings. The highest BCUT2D eigenvalue weighted by Gasteiger charge is 2.53. The van der Waals surface area contributed by atoms with Crippen molar-refractivity contribution in [3.05, 3.63) is 104 Å².